The molecule has 0 unspecified atom stereocenters. The predicted molar refractivity (Wildman–Crippen MR) is 80.0 cm³/mol. The van der Waals surface area contributed by atoms with Gasteiger partial charge in [-0.25, -0.2) is 0 Å². The molecule has 0 spiro atoms. The summed E-state index contributed by atoms with van der Waals surface area (Å²) in [5, 5.41) is 9.49. The van der Waals surface area contributed by atoms with E-state index in [0.29, 0.717) is 6.29 Å². The molecule has 0 amide bonds. The van der Waals surface area contributed by atoms with Crippen LogP contribution in [0.15, 0.2) is 36.5 Å². The number of aromatic nitrogens is 1. The van der Waals surface area contributed by atoms with E-state index in [0.717, 1.165) is 17.7 Å². The number of benzene rings is 1. The zero-order chi connectivity index (χ0) is 14.4. The van der Waals surface area contributed by atoms with Crippen molar-refractivity contribution in [1.29, 1.82) is 0 Å². The fraction of sp³-hybridized carbons (Fsp3) is 0.294. The summed E-state index contributed by atoms with van der Waals surface area (Å²) in [5.74, 6) is -0.0000595. The monoisotopic (exact) mass is 269 g/mol. The molecule has 0 aliphatic carbocycles. The molecule has 2 rings (SSSR count). The van der Waals surface area contributed by atoms with E-state index in [9.17, 15) is 9.90 Å². The van der Waals surface area contributed by atoms with Crippen molar-refractivity contribution in [1.82, 2.24) is 4.98 Å². The molecule has 0 aliphatic rings. The van der Waals surface area contributed by atoms with Gasteiger partial charge in [-0.3, -0.25) is 9.78 Å². The van der Waals surface area contributed by atoms with Crippen LogP contribution < -0.4 is 0 Å². The smallest absolute Gasteiger partial charge is 0.153 e. The average Bonchev–Trinajstić information content (AvgIpc) is 2.49. The summed E-state index contributed by atoms with van der Waals surface area (Å²) in [6.45, 7) is 2.19. The average molecular weight is 269 g/mol. The Labute approximate surface area is 119 Å². The molecule has 1 N–H and O–H groups in total. The number of phenols is 1. The second-order valence-electron chi connectivity index (χ2n) is 4.90. The summed E-state index contributed by atoms with van der Waals surface area (Å²) in [4.78, 5) is 15.3. The van der Waals surface area contributed by atoms with E-state index in [-0.39, 0.29) is 11.3 Å². The number of pyridine rings is 1. The Balaban J connectivity index is 2.15. The van der Waals surface area contributed by atoms with Crippen molar-refractivity contribution in [2.45, 2.75) is 32.6 Å². The number of aryl methyl sites for hydroxylation is 1. The lowest BCUT2D eigenvalue weighted by Crippen LogP contribution is -1.90. The highest BCUT2D eigenvalue weighted by Gasteiger charge is 2.05. The van der Waals surface area contributed by atoms with Gasteiger partial charge in [-0.1, -0.05) is 25.8 Å². The second kappa shape index (κ2) is 6.85. The first-order chi connectivity index (χ1) is 9.74. The first kappa shape index (κ1) is 14.3. The summed E-state index contributed by atoms with van der Waals surface area (Å²) >= 11 is 0. The maximum Gasteiger partial charge on any atom is 0.153 e. The number of aromatic hydroxyl groups is 1. The maximum absolute atomic E-state index is 10.8. The number of hydrogen-bond donors (Lipinski definition) is 1. The number of carbonyl (C=O) groups excluding carboxylic acids is 1. The number of hydrogen-bond acceptors (Lipinski definition) is 3. The van der Waals surface area contributed by atoms with Crippen molar-refractivity contribution in [2.24, 2.45) is 0 Å². The molecule has 104 valence electrons. The Morgan fingerprint density at radius 1 is 1.20 bits per heavy atom. The van der Waals surface area contributed by atoms with Gasteiger partial charge in [0.25, 0.3) is 0 Å². The van der Waals surface area contributed by atoms with Gasteiger partial charge >= 0.3 is 0 Å². The minimum Gasteiger partial charge on any atom is -0.507 e. The van der Waals surface area contributed by atoms with Crippen LogP contribution in [0.5, 0.6) is 5.75 Å². The highest BCUT2D eigenvalue weighted by molar-refractivity contribution is 5.82. The predicted octanol–water partition coefficient (Wildman–Crippen LogP) is 4.00. The summed E-state index contributed by atoms with van der Waals surface area (Å²) in [5.41, 5.74) is 3.17. The first-order valence-electron chi connectivity index (χ1n) is 6.98. The van der Waals surface area contributed by atoms with Crippen LogP contribution in [0.1, 0.15) is 42.1 Å². The molecule has 0 bridgehead atoms. The SMILES string of the molecule is CCCCCc1ccc(-c2ccc(O)c(C=O)c2)nc1. The molecule has 0 atom stereocenters. The Hall–Kier alpha value is -2.16. The van der Waals surface area contributed by atoms with Gasteiger partial charge in [0.1, 0.15) is 5.75 Å². The first-order valence-corrected chi connectivity index (χ1v) is 6.98. The minimum absolute atomic E-state index is 0.0000595. The van der Waals surface area contributed by atoms with Crippen molar-refractivity contribution in [2.75, 3.05) is 0 Å². The largest absolute Gasteiger partial charge is 0.507 e. The van der Waals surface area contributed by atoms with Gasteiger partial charge in [0.15, 0.2) is 6.29 Å². The van der Waals surface area contributed by atoms with E-state index in [1.807, 2.05) is 12.3 Å². The molecule has 0 aliphatic heterocycles. The minimum atomic E-state index is -0.0000595. The molecule has 2 aromatic rings. The molecule has 1 heterocycles. The van der Waals surface area contributed by atoms with Gasteiger partial charge in [-0.05, 0) is 42.7 Å². The fourth-order valence-corrected chi connectivity index (χ4v) is 2.13. The van der Waals surface area contributed by atoms with Crippen LogP contribution in [-0.2, 0) is 6.42 Å². The van der Waals surface area contributed by atoms with Crippen LogP contribution in [0.25, 0.3) is 11.3 Å². The van der Waals surface area contributed by atoms with Gasteiger partial charge in [0.2, 0.25) is 0 Å². The van der Waals surface area contributed by atoms with Crippen LogP contribution in [0.4, 0.5) is 0 Å². The summed E-state index contributed by atoms with van der Waals surface area (Å²) in [6.07, 6.45) is 7.23. The molecular weight excluding hydrogens is 250 g/mol. The van der Waals surface area contributed by atoms with Gasteiger partial charge in [0, 0.05) is 11.8 Å². The lowest BCUT2D eigenvalue weighted by atomic mass is 10.1. The van der Waals surface area contributed by atoms with Crippen LogP contribution in [0, 0.1) is 0 Å². The summed E-state index contributed by atoms with van der Waals surface area (Å²) in [6, 6.07) is 8.98. The maximum atomic E-state index is 10.8. The third kappa shape index (κ3) is 3.44. The Morgan fingerprint density at radius 2 is 2.05 bits per heavy atom. The van der Waals surface area contributed by atoms with Crippen LogP contribution >= 0.6 is 0 Å². The fourth-order valence-electron chi connectivity index (χ4n) is 2.13. The Morgan fingerprint density at radius 3 is 2.70 bits per heavy atom. The number of aldehydes is 1. The lowest BCUT2D eigenvalue weighted by molar-refractivity contribution is 0.112. The molecule has 1 aromatic heterocycles. The summed E-state index contributed by atoms with van der Waals surface area (Å²) in [7, 11) is 0. The molecule has 0 fully saturated rings. The molecule has 0 radical (unpaired) electrons. The van der Waals surface area contributed by atoms with Gasteiger partial charge < -0.3 is 5.11 Å². The van der Waals surface area contributed by atoms with Crippen molar-refractivity contribution >= 4 is 6.29 Å². The topological polar surface area (TPSA) is 50.2 Å². The molecule has 0 saturated carbocycles. The zero-order valence-electron chi connectivity index (χ0n) is 11.7. The zero-order valence-corrected chi connectivity index (χ0v) is 11.7. The van der Waals surface area contributed by atoms with Crippen LogP contribution in [-0.4, -0.2) is 16.4 Å². The number of phenolic OH excluding ortho intramolecular Hbond substituents is 1. The standard InChI is InChI=1S/C17H19NO2/c1-2-3-4-5-13-6-8-16(18-11-13)14-7-9-17(20)15(10-14)12-19/h6-12,20H,2-5H2,1H3. The third-order valence-electron chi connectivity index (χ3n) is 3.34. The van der Waals surface area contributed by atoms with Crippen molar-refractivity contribution in [3.05, 3.63) is 47.7 Å². The third-order valence-corrected chi connectivity index (χ3v) is 3.34. The van der Waals surface area contributed by atoms with E-state index in [1.165, 1.54) is 30.9 Å². The summed E-state index contributed by atoms with van der Waals surface area (Å²) < 4.78 is 0. The number of rotatable bonds is 6. The van der Waals surface area contributed by atoms with E-state index < -0.39 is 0 Å². The van der Waals surface area contributed by atoms with Gasteiger partial charge in [-0.2, -0.15) is 0 Å². The van der Waals surface area contributed by atoms with E-state index in [2.05, 4.69) is 18.0 Å². The quantitative estimate of drug-likeness (QED) is 0.637. The molecular formula is C17H19NO2. The van der Waals surface area contributed by atoms with Gasteiger partial charge in [0.05, 0.1) is 11.3 Å². The normalized spacial score (nSPS) is 10.4. The van der Waals surface area contributed by atoms with Crippen molar-refractivity contribution in [3.8, 4) is 17.0 Å². The molecule has 3 nitrogen and oxygen atoms in total. The molecule has 3 heteroatoms. The number of carbonyl (C=O) groups is 1. The lowest BCUT2D eigenvalue weighted by Gasteiger charge is -2.05. The van der Waals surface area contributed by atoms with Crippen molar-refractivity contribution < 1.29 is 9.90 Å². The highest BCUT2D eigenvalue weighted by Crippen LogP contribution is 2.23. The van der Waals surface area contributed by atoms with Crippen LogP contribution in [0.2, 0.25) is 0 Å². The van der Waals surface area contributed by atoms with E-state index >= 15 is 0 Å². The Bertz CT molecular complexity index is 576. The Kier molecular flexibility index (Phi) is 4.88. The van der Waals surface area contributed by atoms with E-state index in [1.54, 1.807) is 12.1 Å². The number of unbranched alkanes of at least 4 members (excludes halogenated alkanes) is 2. The molecule has 1 aromatic carbocycles. The molecule has 20 heavy (non-hydrogen) atoms. The van der Waals surface area contributed by atoms with Crippen LogP contribution in [0.3, 0.4) is 0 Å². The highest BCUT2D eigenvalue weighted by atomic mass is 16.3. The second-order valence-corrected chi connectivity index (χ2v) is 4.90. The van der Waals surface area contributed by atoms with Crippen molar-refractivity contribution in [3.63, 3.8) is 0 Å². The van der Waals surface area contributed by atoms with Gasteiger partial charge in [-0.15, -0.1) is 0 Å². The van der Waals surface area contributed by atoms with E-state index in [4.69, 9.17) is 0 Å². The number of nitrogens with zero attached hydrogens (tertiary/aromatic N) is 1. The molecule has 0 saturated heterocycles.